The van der Waals surface area contributed by atoms with Crippen LogP contribution in [0.15, 0.2) is 48.5 Å². The average Bonchev–Trinajstić information content (AvgIpc) is 3.54. The van der Waals surface area contributed by atoms with E-state index in [0.717, 1.165) is 21.0 Å². The zero-order valence-corrected chi connectivity index (χ0v) is 20.6. The van der Waals surface area contributed by atoms with Crippen LogP contribution in [0.25, 0.3) is 60.4 Å². The van der Waals surface area contributed by atoms with Crippen LogP contribution < -0.4 is 0 Å². The summed E-state index contributed by atoms with van der Waals surface area (Å²) >= 11 is 9.06. The second-order valence-corrected chi connectivity index (χ2v) is 13.3. The third-order valence-electron chi connectivity index (χ3n) is 5.39. The predicted molar refractivity (Wildman–Crippen MR) is 142 cm³/mol. The minimum atomic E-state index is 1.10. The Balaban J connectivity index is 1.42. The number of rotatable bonds is 2. The van der Waals surface area contributed by atoms with E-state index in [2.05, 4.69) is 62.4 Å². The van der Waals surface area contributed by atoms with Crippen LogP contribution in [0.1, 0.15) is 9.75 Å². The van der Waals surface area contributed by atoms with Gasteiger partial charge in [-0.05, 0) is 62.4 Å². The van der Waals surface area contributed by atoms with Crippen molar-refractivity contribution in [1.82, 2.24) is 9.97 Å². The molecular weight excluding hydrogens is 477 g/mol. The fourth-order valence-electron chi connectivity index (χ4n) is 3.93. The van der Waals surface area contributed by atoms with Gasteiger partial charge in [0.1, 0.15) is 10.0 Å². The number of hydrogen-bond donors (Lipinski definition) is 0. The quantitative estimate of drug-likeness (QED) is 0.241. The zero-order chi connectivity index (χ0) is 20.7. The highest BCUT2D eigenvalue weighted by Crippen LogP contribution is 2.43. The van der Waals surface area contributed by atoms with Crippen molar-refractivity contribution in [1.29, 1.82) is 0 Å². The summed E-state index contributed by atoms with van der Waals surface area (Å²) in [7, 11) is 0. The van der Waals surface area contributed by atoms with Crippen LogP contribution in [0.5, 0.6) is 0 Å². The van der Waals surface area contributed by atoms with Crippen molar-refractivity contribution in [3.8, 4) is 19.8 Å². The Bertz CT molecular complexity index is 1640. The molecule has 0 saturated heterocycles. The first-order valence-corrected chi connectivity index (χ1v) is 13.9. The molecule has 0 unspecified atom stereocenters. The SMILES string of the molecule is Cc1ccc(-c2nc3cc4sc5cc6nc(-c7ccc(C)s7)sc6cc5c4cc3s2)s1. The van der Waals surface area contributed by atoms with E-state index in [1.807, 2.05) is 34.0 Å². The first kappa shape index (κ1) is 18.4. The predicted octanol–water partition coefficient (Wildman–Crippen LogP) is 9.35. The molecule has 0 saturated carbocycles. The van der Waals surface area contributed by atoms with Crippen LogP contribution in [0.4, 0.5) is 0 Å². The van der Waals surface area contributed by atoms with Crippen molar-refractivity contribution in [2.75, 3.05) is 0 Å². The summed E-state index contributed by atoms with van der Waals surface area (Å²) in [5.41, 5.74) is 2.20. The van der Waals surface area contributed by atoms with E-state index < -0.39 is 0 Å². The van der Waals surface area contributed by atoms with Gasteiger partial charge in [0.05, 0.1) is 30.2 Å². The van der Waals surface area contributed by atoms with Crippen LogP contribution in [-0.2, 0) is 0 Å². The van der Waals surface area contributed by atoms with Crippen LogP contribution in [0.3, 0.4) is 0 Å². The van der Waals surface area contributed by atoms with E-state index in [1.54, 1.807) is 22.7 Å². The van der Waals surface area contributed by atoms with E-state index in [1.165, 1.54) is 49.1 Å². The fraction of sp³-hybridized carbons (Fsp3) is 0.0833. The molecule has 5 aromatic heterocycles. The van der Waals surface area contributed by atoms with Gasteiger partial charge in [-0.2, -0.15) is 0 Å². The van der Waals surface area contributed by atoms with Crippen LogP contribution >= 0.6 is 56.7 Å². The van der Waals surface area contributed by atoms with Gasteiger partial charge in [-0.3, -0.25) is 0 Å². The van der Waals surface area contributed by atoms with Gasteiger partial charge in [0.2, 0.25) is 0 Å². The molecule has 0 amide bonds. The molecule has 7 aromatic rings. The molecule has 5 heterocycles. The summed E-state index contributed by atoms with van der Waals surface area (Å²) in [6.45, 7) is 4.30. The Kier molecular flexibility index (Phi) is 3.96. The highest BCUT2D eigenvalue weighted by molar-refractivity contribution is 7.28. The van der Waals surface area contributed by atoms with Crippen molar-refractivity contribution in [3.05, 3.63) is 58.3 Å². The van der Waals surface area contributed by atoms with Gasteiger partial charge in [0.25, 0.3) is 0 Å². The van der Waals surface area contributed by atoms with E-state index in [9.17, 15) is 0 Å². The first-order chi connectivity index (χ1) is 15.1. The molecule has 0 N–H and O–H groups in total. The lowest BCUT2D eigenvalue weighted by Gasteiger charge is -1.92. The molecule has 0 aliphatic carbocycles. The van der Waals surface area contributed by atoms with Gasteiger partial charge in [0.15, 0.2) is 0 Å². The van der Waals surface area contributed by atoms with Crippen molar-refractivity contribution in [2.24, 2.45) is 0 Å². The van der Waals surface area contributed by atoms with Gasteiger partial charge in [-0.25, -0.2) is 9.97 Å². The molecule has 2 nitrogen and oxygen atoms in total. The lowest BCUT2D eigenvalue weighted by atomic mass is 10.1. The monoisotopic (exact) mass is 490 g/mol. The lowest BCUT2D eigenvalue weighted by Crippen LogP contribution is -1.71. The number of nitrogens with zero attached hydrogens (tertiary/aromatic N) is 2. The Morgan fingerprint density at radius 3 is 1.42 bits per heavy atom. The number of aromatic nitrogens is 2. The van der Waals surface area contributed by atoms with Gasteiger partial charge in [0, 0.05) is 29.9 Å². The fourth-order valence-corrected chi connectivity index (χ4v) is 8.88. The second-order valence-electron chi connectivity index (χ2n) is 7.59. The number of thiazole rings is 2. The Morgan fingerprint density at radius 1 is 0.516 bits per heavy atom. The van der Waals surface area contributed by atoms with Crippen molar-refractivity contribution in [3.63, 3.8) is 0 Å². The smallest absolute Gasteiger partial charge is 0.134 e. The number of aryl methyl sites for hydroxylation is 2. The molecule has 0 aliphatic rings. The normalized spacial score (nSPS) is 12.2. The maximum absolute atomic E-state index is 4.94. The van der Waals surface area contributed by atoms with Crippen LogP contribution in [0, 0.1) is 13.8 Å². The number of fused-ring (bicyclic) bond motifs is 5. The van der Waals surface area contributed by atoms with E-state index >= 15 is 0 Å². The topological polar surface area (TPSA) is 25.8 Å². The largest absolute Gasteiger partial charge is 0.235 e. The Labute approximate surface area is 198 Å². The molecule has 0 bridgehead atoms. The molecule has 0 fully saturated rings. The lowest BCUT2D eigenvalue weighted by molar-refractivity contribution is 1.51. The summed E-state index contributed by atoms with van der Waals surface area (Å²) in [6, 6.07) is 17.9. The summed E-state index contributed by atoms with van der Waals surface area (Å²) in [6.07, 6.45) is 0. The van der Waals surface area contributed by atoms with Gasteiger partial charge in [-0.15, -0.1) is 56.7 Å². The molecule has 0 aliphatic heterocycles. The average molecular weight is 491 g/mol. The third kappa shape index (κ3) is 2.92. The summed E-state index contributed by atoms with van der Waals surface area (Å²) in [4.78, 5) is 15.0. The van der Waals surface area contributed by atoms with Gasteiger partial charge < -0.3 is 0 Å². The summed E-state index contributed by atoms with van der Waals surface area (Å²) < 4.78 is 5.11. The Morgan fingerprint density at radius 2 is 1.00 bits per heavy atom. The van der Waals surface area contributed by atoms with E-state index in [-0.39, 0.29) is 0 Å². The molecule has 2 aromatic carbocycles. The van der Waals surface area contributed by atoms with Crippen LogP contribution in [-0.4, -0.2) is 9.97 Å². The molecule has 0 radical (unpaired) electrons. The van der Waals surface area contributed by atoms with Gasteiger partial charge in [-0.1, -0.05) is 0 Å². The van der Waals surface area contributed by atoms with E-state index in [4.69, 9.17) is 9.97 Å². The molecule has 7 rings (SSSR count). The van der Waals surface area contributed by atoms with Gasteiger partial charge >= 0.3 is 0 Å². The molecule has 7 heteroatoms. The zero-order valence-electron chi connectivity index (χ0n) is 16.6. The molecule has 150 valence electrons. The molecule has 31 heavy (non-hydrogen) atoms. The minimum Gasteiger partial charge on any atom is -0.235 e. The first-order valence-electron chi connectivity index (χ1n) is 9.82. The maximum atomic E-state index is 4.94. The maximum Gasteiger partial charge on any atom is 0.134 e. The van der Waals surface area contributed by atoms with Crippen molar-refractivity contribution >= 4 is 97.3 Å². The van der Waals surface area contributed by atoms with Crippen molar-refractivity contribution < 1.29 is 0 Å². The number of thiophene rings is 3. The standard InChI is InChI=1S/C24H14N2S5/c1-11-3-5-17(27-11)23-25-15-9-19-13(7-21(15)30-23)14-8-22-16(10-20(14)29-19)26-24(31-22)18-6-4-12(2)28-18/h3-10H,1-2H3. The molecule has 0 spiro atoms. The highest BCUT2D eigenvalue weighted by atomic mass is 32.1. The summed E-state index contributed by atoms with van der Waals surface area (Å²) in [5.74, 6) is 0. The third-order valence-corrected chi connectivity index (χ3v) is 10.9. The molecular formula is C24H14N2S5. The van der Waals surface area contributed by atoms with Crippen molar-refractivity contribution in [2.45, 2.75) is 13.8 Å². The van der Waals surface area contributed by atoms with E-state index in [0.29, 0.717) is 0 Å². The highest BCUT2D eigenvalue weighted by Gasteiger charge is 2.15. The number of benzene rings is 2. The second kappa shape index (κ2) is 6.67. The molecule has 0 atom stereocenters. The Hall–Kier alpha value is -2.16. The van der Waals surface area contributed by atoms with Crippen LogP contribution in [0.2, 0.25) is 0 Å². The summed E-state index contributed by atoms with van der Waals surface area (Å²) in [5, 5.41) is 4.90. The minimum absolute atomic E-state index is 1.10. The number of hydrogen-bond acceptors (Lipinski definition) is 7.